The first-order valence-corrected chi connectivity index (χ1v) is 10.00. The van der Waals surface area contributed by atoms with Crippen molar-refractivity contribution in [3.05, 3.63) is 23.3 Å². The Labute approximate surface area is 150 Å². The molecule has 1 aromatic heterocycles. The molecule has 1 aromatic rings. The minimum absolute atomic E-state index is 0.319. The third-order valence-electron chi connectivity index (χ3n) is 6.30. The highest BCUT2D eigenvalue weighted by molar-refractivity contribution is 5.76. The van der Waals surface area contributed by atoms with Gasteiger partial charge in [-0.1, -0.05) is 25.7 Å². The standard InChI is InChI=1S/C20H30N4O/c1-23-10-8-16(13-23)20-21-12-17-14-24(11-9-18(17)22-20)19(25)7-6-15-4-2-3-5-15/h12,15-16H,2-11,13-14H2,1H3/t16-/m1/s1. The van der Waals surface area contributed by atoms with Crippen LogP contribution in [0.5, 0.6) is 0 Å². The van der Waals surface area contributed by atoms with Gasteiger partial charge in [0.05, 0.1) is 5.69 Å². The van der Waals surface area contributed by atoms with Crippen LogP contribution in [0.25, 0.3) is 0 Å². The number of likely N-dealkylation sites (N-methyl/N-ethyl adjacent to an activating group) is 1. The molecule has 5 nitrogen and oxygen atoms in total. The molecule has 1 aliphatic carbocycles. The first-order chi connectivity index (χ1) is 12.2. The van der Waals surface area contributed by atoms with Gasteiger partial charge in [0.15, 0.2) is 0 Å². The van der Waals surface area contributed by atoms with Crippen LogP contribution in [-0.4, -0.2) is 52.4 Å². The average Bonchev–Trinajstić information content (AvgIpc) is 3.30. The maximum absolute atomic E-state index is 12.6. The Morgan fingerprint density at radius 3 is 2.84 bits per heavy atom. The molecule has 0 spiro atoms. The summed E-state index contributed by atoms with van der Waals surface area (Å²) in [5.41, 5.74) is 2.31. The maximum Gasteiger partial charge on any atom is 0.222 e. The second-order valence-electron chi connectivity index (χ2n) is 8.20. The minimum atomic E-state index is 0.319. The Morgan fingerprint density at radius 2 is 2.08 bits per heavy atom. The number of hydrogen-bond donors (Lipinski definition) is 0. The molecule has 4 rings (SSSR count). The molecule has 136 valence electrons. The van der Waals surface area contributed by atoms with Crippen molar-refractivity contribution in [1.82, 2.24) is 19.8 Å². The van der Waals surface area contributed by atoms with Crippen LogP contribution in [0.1, 0.15) is 67.9 Å². The molecule has 5 heteroatoms. The smallest absolute Gasteiger partial charge is 0.222 e. The fourth-order valence-electron chi connectivity index (χ4n) is 4.67. The lowest BCUT2D eigenvalue weighted by molar-refractivity contribution is -0.132. The van der Waals surface area contributed by atoms with E-state index in [1.54, 1.807) is 0 Å². The highest BCUT2D eigenvalue weighted by Crippen LogP contribution is 2.29. The van der Waals surface area contributed by atoms with Gasteiger partial charge in [0.25, 0.3) is 0 Å². The molecule has 3 heterocycles. The highest BCUT2D eigenvalue weighted by Gasteiger charge is 2.27. The lowest BCUT2D eigenvalue weighted by atomic mass is 10.0. The summed E-state index contributed by atoms with van der Waals surface area (Å²) in [4.78, 5) is 26.4. The van der Waals surface area contributed by atoms with Gasteiger partial charge < -0.3 is 9.80 Å². The maximum atomic E-state index is 12.6. The topological polar surface area (TPSA) is 49.3 Å². The van der Waals surface area contributed by atoms with Crippen molar-refractivity contribution in [2.24, 2.45) is 5.92 Å². The number of carbonyl (C=O) groups is 1. The molecule has 1 amide bonds. The molecule has 0 radical (unpaired) electrons. The van der Waals surface area contributed by atoms with Crippen molar-refractivity contribution in [3.8, 4) is 0 Å². The van der Waals surface area contributed by atoms with Crippen LogP contribution in [-0.2, 0) is 17.8 Å². The molecule has 3 aliphatic rings. The quantitative estimate of drug-likeness (QED) is 0.844. The highest BCUT2D eigenvalue weighted by atomic mass is 16.2. The van der Waals surface area contributed by atoms with Crippen molar-refractivity contribution in [3.63, 3.8) is 0 Å². The predicted molar refractivity (Wildman–Crippen MR) is 97.2 cm³/mol. The number of aromatic nitrogens is 2. The van der Waals surface area contributed by atoms with Crippen molar-refractivity contribution in [1.29, 1.82) is 0 Å². The predicted octanol–water partition coefficient (Wildman–Crippen LogP) is 2.75. The molecular weight excluding hydrogens is 312 g/mol. The van der Waals surface area contributed by atoms with E-state index in [2.05, 4.69) is 16.9 Å². The Hall–Kier alpha value is -1.49. The minimum Gasteiger partial charge on any atom is -0.338 e. The lowest BCUT2D eigenvalue weighted by Crippen LogP contribution is -2.36. The van der Waals surface area contributed by atoms with Gasteiger partial charge in [-0.15, -0.1) is 0 Å². The summed E-state index contributed by atoms with van der Waals surface area (Å²) in [5, 5.41) is 0. The number of nitrogens with zero attached hydrogens (tertiary/aromatic N) is 4. The molecule has 0 unspecified atom stereocenters. The van der Waals surface area contributed by atoms with Gasteiger partial charge in [0, 0.05) is 50.2 Å². The number of fused-ring (bicyclic) bond motifs is 1. The van der Waals surface area contributed by atoms with Crippen LogP contribution in [0.4, 0.5) is 0 Å². The second-order valence-corrected chi connectivity index (χ2v) is 8.20. The number of amides is 1. The van der Waals surface area contributed by atoms with Crippen LogP contribution < -0.4 is 0 Å². The number of rotatable bonds is 4. The zero-order chi connectivity index (χ0) is 17.2. The van der Waals surface area contributed by atoms with Crippen LogP contribution in [0, 0.1) is 5.92 Å². The van der Waals surface area contributed by atoms with Gasteiger partial charge >= 0.3 is 0 Å². The second kappa shape index (κ2) is 7.40. The van der Waals surface area contributed by atoms with E-state index < -0.39 is 0 Å². The molecule has 0 N–H and O–H groups in total. The Balaban J connectivity index is 1.35. The van der Waals surface area contributed by atoms with Gasteiger partial charge in [-0.05, 0) is 32.4 Å². The van der Waals surface area contributed by atoms with E-state index in [-0.39, 0.29) is 0 Å². The normalized spacial score (nSPS) is 24.7. The van der Waals surface area contributed by atoms with Crippen molar-refractivity contribution in [2.75, 3.05) is 26.7 Å². The lowest BCUT2D eigenvalue weighted by Gasteiger charge is -2.29. The van der Waals surface area contributed by atoms with Crippen LogP contribution in [0.15, 0.2) is 6.20 Å². The van der Waals surface area contributed by atoms with Crippen LogP contribution >= 0.6 is 0 Å². The summed E-state index contributed by atoms with van der Waals surface area (Å²) in [5.74, 6) is 2.58. The van der Waals surface area contributed by atoms with Gasteiger partial charge in [-0.3, -0.25) is 4.79 Å². The Bertz CT molecular complexity index is 626. The third kappa shape index (κ3) is 3.86. The van der Waals surface area contributed by atoms with E-state index in [0.717, 1.165) is 56.2 Å². The Morgan fingerprint density at radius 1 is 1.24 bits per heavy atom. The first-order valence-electron chi connectivity index (χ1n) is 10.00. The summed E-state index contributed by atoms with van der Waals surface area (Å²) in [6.07, 6.45) is 11.2. The molecular formula is C20H30N4O. The molecule has 1 saturated carbocycles. The van der Waals surface area contributed by atoms with Gasteiger partial charge in [-0.25, -0.2) is 9.97 Å². The van der Waals surface area contributed by atoms with E-state index in [9.17, 15) is 4.79 Å². The molecule has 1 saturated heterocycles. The van der Waals surface area contributed by atoms with E-state index in [0.29, 0.717) is 24.8 Å². The third-order valence-corrected chi connectivity index (χ3v) is 6.30. The van der Waals surface area contributed by atoms with Crippen LogP contribution in [0.3, 0.4) is 0 Å². The number of hydrogen-bond acceptors (Lipinski definition) is 4. The number of carbonyl (C=O) groups excluding carboxylic acids is 1. The van der Waals surface area contributed by atoms with E-state index >= 15 is 0 Å². The summed E-state index contributed by atoms with van der Waals surface area (Å²) in [6, 6.07) is 0. The van der Waals surface area contributed by atoms with Gasteiger partial charge in [-0.2, -0.15) is 0 Å². The fraction of sp³-hybridized carbons (Fsp3) is 0.750. The summed E-state index contributed by atoms with van der Waals surface area (Å²) in [6.45, 7) is 3.71. The molecule has 2 fully saturated rings. The van der Waals surface area contributed by atoms with Crippen LogP contribution in [0.2, 0.25) is 0 Å². The van der Waals surface area contributed by atoms with Gasteiger partial charge in [0.2, 0.25) is 5.91 Å². The average molecular weight is 342 g/mol. The van der Waals surface area contributed by atoms with Crippen molar-refractivity contribution >= 4 is 5.91 Å². The summed E-state index contributed by atoms with van der Waals surface area (Å²) >= 11 is 0. The van der Waals surface area contributed by atoms with E-state index in [1.165, 1.54) is 31.4 Å². The molecule has 1 atom stereocenters. The molecule has 0 aromatic carbocycles. The Kier molecular flexibility index (Phi) is 5.02. The molecule has 2 aliphatic heterocycles. The van der Waals surface area contributed by atoms with E-state index in [1.807, 2.05) is 11.1 Å². The molecule has 25 heavy (non-hydrogen) atoms. The zero-order valence-corrected chi connectivity index (χ0v) is 15.4. The summed E-state index contributed by atoms with van der Waals surface area (Å²) < 4.78 is 0. The van der Waals surface area contributed by atoms with Gasteiger partial charge in [0.1, 0.15) is 5.82 Å². The largest absolute Gasteiger partial charge is 0.338 e. The number of likely N-dealkylation sites (tertiary alicyclic amines) is 1. The fourth-order valence-corrected chi connectivity index (χ4v) is 4.67. The zero-order valence-electron chi connectivity index (χ0n) is 15.4. The monoisotopic (exact) mass is 342 g/mol. The van der Waals surface area contributed by atoms with Crippen molar-refractivity contribution < 1.29 is 4.79 Å². The molecule has 0 bridgehead atoms. The first kappa shape index (κ1) is 17.0. The summed E-state index contributed by atoms with van der Waals surface area (Å²) in [7, 11) is 2.16. The van der Waals surface area contributed by atoms with E-state index in [4.69, 9.17) is 4.98 Å². The SMILES string of the molecule is CN1CC[C@@H](c2ncc3c(n2)CCN(C(=O)CCC2CCCC2)C3)C1. The van der Waals surface area contributed by atoms with Crippen molar-refractivity contribution in [2.45, 2.75) is 63.8 Å².